The van der Waals surface area contributed by atoms with E-state index in [1.807, 2.05) is 30.3 Å². The minimum absolute atomic E-state index is 0.0960. The molecular weight excluding hydrogens is 451 g/mol. The van der Waals surface area contributed by atoms with Crippen molar-refractivity contribution in [3.63, 3.8) is 0 Å². The predicted molar refractivity (Wildman–Crippen MR) is 130 cm³/mol. The van der Waals surface area contributed by atoms with Crippen LogP contribution in [0.2, 0.25) is 0 Å². The first-order valence-electron chi connectivity index (χ1n) is 11.1. The molecule has 0 aliphatic heterocycles. The summed E-state index contributed by atoms with van der Waals surface area (Å²) in [6.07, 6.45) is 0.258. The smallest absolute Gasteiger partial charge is 0.261 e. The van der Waals surface area contributed by atoms with Gasteiger partial charge in [-0.15, -0.1) is 0 Å². The van der Waals surface area contributed by atoms with E-state index in [2.05, 4.69) is 5.32 Å². The molecule has 8 heteroatoms. The number of likely N-dealkylation sites (N-methyl/N-ethyl adjacent to an activating group) is 1. The molecule has 0 spiro atoms. The third-order valence-corrected chi connectivity index (χ3v) is 5.50. The molecule has 0 radical (unpaired) electrons. The average Bonchev–Trinajstić information content (AvgIpc) is 2.90. The quantitative estimate of drug-likeness (QED) is 0.454. The zero-order chi connectivity index (χ0) is 25.2. The van der Waals surface area contributed by atoms with E-state index in [-0.39, 0.29) is 25.5 Å². The molecule has 0 heterocycles. The van der Waals surface area contributed by atoms with Crippen molar-refractivity contribution in [1.29, 1.82) is 0 Å². The van der Waals surface area contributed by atoms with Crippen molar-refractivity contribution in [3.05, 3.63) is 89.7 Å². The Labute approximate surface area is 204 Å². The molecule has 0 aromatic heterocycles. The van der Waals surface area contributed by atoms with Gasteiger partial charge in [-0.2, -0.15) is 0 Å². The maximum Gasteiger partial charge on any atom is 0.261 e. The molecule has 1 N–H and O–H groups in total. The largest absolute Gasteiger partial charge is 0.496 e. The van der Waals surface area contributed by atoms with Crippen LogP contribution in [0.25, 0.3) is 0 Å². The Morgan fingerprint density at radius 2 is 1.51 bits per heavy atom. The molecule has 184 valence electrons. The fraction of sp³-hybridized carbons (Fsp3) is 0.259. The molecule has 0 fully saturated rings. The first-order valence-corrected chi connectivity index (χ1v) is 11.1. The van der Waals surface area contributed by atoms with Crippen LogP contribution in [-0.2, 0) is 22.6 Å². The fourth-order valence-electron chi connectivity index (χ4n) is 3.62. The maximum atomic E-state index is 14.5. The number of ether oxygens (including phenoxy) is 3. The van der Waals surface area contributed by atoms with Crippen LogP contribution in [0.4, 0.5) is 4.39 Å². The van der Waals surface area contributed by atoms with Crippen molar-refractivity contribution < 1.29 is 28.2 Å². The van der Waals surface area contributed by atoms with Gasteiger partial charge in [0.05, 0.1) is 14.2 Å². The predicted octanol–water partition coefficient (Wildman–Crippen LogP) is 3.61. The lowest BCUT2D eigenvalue weighted by molar-refractivity contribution is -0.142. The lowest BCUT2D eigenvalue weighted by Gasteiger charge is -2.31. The van der Waals surface area contributed by atoms with Gasteiger partial charge < -0.3 is 24.4 Å². The van der Waals surface area contributed by atoms with Gasteiger partial charge in [-0.05, 0) is 11.6 Å². The molecule has 0 bridgehead atoms. The minimum Gasteiger partial charge on any atom is -0.496 e. The van der Waals surface area contributed by atoms with Crippen LogP contribution < -0.4 is 19.5 Å². The number of rotatable bonds is 11. The fourth-order valence-corrected chi connectivity index (χ4v) is 3.62. The first kappa shape index (κ1) is 25.6. The van der Waals surface area contributed by atoms with Crippen LogP contribution in [0.5, 0.6) is 17.2 Å². The molecule has 0 unspecified atom stereocenters. The van der Waals surface area contributed by atoms with Crippen molar-refractivity contribution in [2.45, 2.75) is 19.0 Å². The van der Waals surface area contributed by atoms with E-state index in [9.17, 15) is 14.0 Å². The summed E-state index contributed by atoms with van der Waals surface area (Å²) in [7, 11) is 4.53. The number of benzene rings is 3. The summed E-state index contributed by atoms with van der Waals surface area (Å²) in [5.74, 6) is 0.0740. The maximum absolute atomic E-state index is 14.5. The number of nitrogens with one attached hydrogen (secondary N) is 1. The second-order valence-electron chi connectivity index (χ2n) is 7.77. The van der Waals surface area contributed by atoms with Crippen molar-refractivity contribution in [2.75, 3.05) is 27.9 Å². The van der Waals surface area contributed by atoms with E-state index in [0.29, 0.717) is 22.8 Å². The molecule has 0 saturated heterocycles. The summed E-state index contributed by atoms with van der Waals surface area (Å²) in [4.78, 5) is 27.7. The van der Waals surface area contributed by atoms with E-state index >= 15 is 0 Å². The van der Waals surface area contributed by atoms with Crippen LogP contribution in [0.1, 0.15) is 11.1 Å². The summed E-state index contributed by atoms with van der Waals surface area (Å²) in [5.41, 5.74) is 1.16. The van der Waals surface area contributed by atoms with Crippen molar-refractivity contribution >= 4 is 11.8 Å². The highest BCUT2D eigenvalue weighted by Crippen LogP contribution is 2.27. The number of amides is 2. The first-order chi connectivity index (χ1) is 16.9. The number of carbonyl (C=O) groups is 2. The third kappa shape index (κ3) is 6.96. The topological polar surface area (TPSA) is 77.1 Å². The zero-order valence-corrected chi connectivity index (χ0v) is 20.0. The van der Waals surface area contributed by atoms with E-state index in [1.54, 1.807) is 36.4 Å². The SMILES string of the molecule is CNC(=O)[C@H](Cc1ccccc1)N(Cc1ccccc1F)C(=O)COc1cc(OC)cc(OC)c1. The highest BCUT2D eigenvalue weighted by atomic mass is 19.1. The van der Waals surface area contributed by atoms with Gasteiger partial charge in [-0.25, -0.2) is 4.39 Å². The van der Waals surface area contributed by atoms with E-state index in [4.69, 9.17) is 14.2 Å². The molecule has 3 aromatic rings. The van der Waals surface area contributed by atoms with Crippen molar-refractivity contribution in [3.8, 4) is 17.2 Å². The molecule has 2 amide bonds. The summed E-state index contributed by atoms with van der Waals surface area (Å²) < 4.78 is 30.7. The van der Waals surface area contributed by atoms with Crippen molar-refractivity contribution in [2.24, 2.45) is 0 Å². The molecule has 1 atom stereocenters. The monoisotopic (exact) mass is 480 g/mol. The second kappa shape index (κ2) is 12.4. The second-order valence-corrected chi connectivity index (χ2v) is 7.77. The Kier molecular flexibility index (Phi) is 9.06. The normalized spacial score (nSPS) is 11.3. The Balaban J connectivity index is 1.89. The molecule has 35 heavy (non-hydrogen) atoms. The number of halogens is 1. The zero-order valence-electron chi connectivity index (χ0n) is 20.0. The number of hydrogen-bond acceptors (Lipinski definition) is 5. The highest BCUT2D eigenvalue weighted by molar-refractivity contribution is 5.88. The van der Waals surface area contributed by atoms with Gasteiger partial charge in [0, 0.05) is 43.8 Å². The number of carbonyl (C=O) groups excluding carboxylic acids is 2. The Bertz CT molecular complexity index is 1120. The minimum atomic E-state index is -0.877. The van der Waals surface area contributed by atoms with Gasteiger partial charge >= 0.3 is 0 Å². The van der Waals surface area contributed by atoms with Gasteiger partial charge in [0.2, 0.25) is 5.91 Å². The van der Waals surface area contributed by atoms with Gasteiger partial charge in [-0.1, -0.05) is 48.5 Å². The van der Waals surface area contributed by atoms with Crippen molar-refractivity contribution in [1.82, 2.24) is 10.2 Å². The van der Waals surface area contributed by atoms with E-state index < -0.39 is 17.8 Å². The standard InChI is InChI=1S/C27H29FN2O5/c1-29-27(32)25(13-19-9-5-4-6-10-19)30(17-20-11-7-8-12-24(20)28)26(31)18-35-23-15-21(33-2)14-22(16-23)34-3/h4-12,14-16,25H,13,17-18H2,1-3H3,(H,29,32)/t25-/m0/s1. The highest BCUT2D eigenvalue weighted by Gasteiger charge is 2.30. The summed E-state index contributed by atoms with van der Waals surface area (Å²) in [6.45, 7) is -0.464. The number of hydrogen-bond donors (Lipinski definition) is 1. The van der Waals surface area contributed by atoms with Crippen LogP contribution in [0.15, 0.2) is 72.8 Å². The molecule has 0 aliphatic rings. The molecule has 3 rings (SSSR count). The Hall–Kier alpha value is -4.07. The van der Waals surface area contributed by atoms with E-state index in [0.717, 1.165) is 5.56 Å². The Morgan fingerprint density at radius 1 is 0.914 bits per heavy atom. The van der Waals surface area contributed by atoms with Gasteiger partial charge in [0.1, 0.15) is 29.1 Å². The van der Waals surface area contributed by atoms with Crippen LogP contribution in [-0.4, -0.2) is 50.6 Å². The molecule has 0 saturated carbocycles. The summed E-state index contributed by atoms with van der Waals surface area (Å²) in [5, 5.41) is 2.62. The summed E-state index contributed by atoms with van der Waals surface area (Å²) >= 11 is 0. The lowest BCUT2D eigenvalue weighted by atomic mass is 10.0. The molecule has 3 aromatic carbocycles. The molecular formula is C27H29FN2O5. The van der Waals surface area contributed by atoms with Crippen LogP contribution >= 0.6 is 0 Å². The van der Waals surface area contributed by atoms with Gasteiger partial charge in [0.15, 0.2) is 6.61 Å². The summed E-state index contributed by atoms with van der Waals surface area (Å²) in [6, 6.07) is 19.6. The molecule has 7 nitrogen and oxygen atoms in total. The van der Waals surface area contributed by atoms with Crippen LogP contribution in [0.3, 0.4) is 0 Å². The lowest BCUT2D eigenvalue weighted by Crippen LogP contribution is -2.51. The van der Waals surface area contributed by atoms with Gasteiger partial charge in [-0.3, -0.25) is 9.59 Å². The van der Waals surface area contributed by atoms with Crippen LogP contribution in [0, 0.1) is 5.82 Å². The van der Waals surface area contributed by atoms with Gasteiger partial charge in [0.25, 0.3) is 5.91 Å². The average molecular weight is 481 g/mol. The molecule has 0 aliphatic carbocycles. The number of methoxy groups -OCH3 is 2. The number of nitrogens with zero attached hydrogens (tertiary/aromatic N) is 1. The third-order valence-electron chi connectivity index (χ3n) is 5.50. The van der Waals surface area contributed by atoms with E-state index in [1.165, 1.54) is 32.2 Å². The Morgan fingerprint density at radius 3 is 2.11 bits per heavy atom.